The van der Waals surface area contributed by atoms with Crippen molar-refractivity contribution in [1.29, 1.82) is 0 Å². The third kappa shape index (κ3) is 2.48. The highest BCUT2D eigenvalue weighted by molar-refractivity contribution is 5.99. The van der Waals surface area contributed by atoms with Crippen LogP contribution in [0, 0.1) is 13.8 Å². The SMILES string of the molecule is Cc1noc(CNC(=O)c2cccc(C)c2N)n1. The molecule has 6 heteroatoms. The van der Waals surface area contributed by atoms with Crippen molar-refractivity contribution in [3.63, 3.8) is 0 Å². The van der Waals surface area contributed by atoms with Crippen molar-refractivity contribution in [2.75, 3.05) is 5.73 Å². The molecule has 2 aromatic rings. The van der Waals surface area contributed by atoms with Crippen molar-refractivity contribution in [3.8, 4) is 0 Å². The maximum Gasteiger partial charge on any atom is 0.253 e. The number of aryl methyl sites for hydroxylation is 2. The van der Waals surface area contributed by atoms with Crippen LogP contribution in [0.4, 0.5) is 5.69 Å². The van der Waals surface area contributed by atoms with Gasteiger partial charge in [-0.05, 0) is 25.5 Å². The number of aromatic nitrogens is 2. The summed E-state index contributed by atoms with van der Waals surface area (Å²) < 4.78 is 4.90. The quantitative estimate of drug-likeness (QED) is 0.793. The zero-order valence-corrected chi connectivity index (χ0v) is 10.2. The average Bonchev–Trinajstić information content (AvgIpc) is 2.76. The van der Waals surface area contributed by atoms with Crippen LogP contribution in [0.1, 0.15) is 27.6 Å². The van der Waals surface area contributed by atoms with Crippen LogP contribution in [0.3, 0.4) is 0 Å². The fraction of sp³-hybridized carbons (Fsp3) is 0.250. The molecular formula is C12H14N4O2. The number of amides is 1. The Balaban J connectivity index is 2.06. The van der Waals surface area contributed by atoms with Gasteiger partial charge in [0.05, 0.1) is 12.1 Å². The van der Waals surface area contributed by atoms with Crippen LogP contribution in [0.25, 0.3) is 0 Å². The first-order valence-electron chi connectivity index (χ1n) is 5.50. The summed E-state index contributed by atoms with van der Waals surface area (Å²) in [5.74, 6) is 0.647. The number of anilines is 1. The molecule has 1 aromatic heterocycles. The summed E-state index contributed by atoms with van der Waals surface area (Å²) >= 11 is 0. The van der Waals surface area contributed by atoms with Crippen LogP contribution < -0.4 is 11.1 Å². The summed E-state index contributed by atoms with van der Waals surface area (Å²) in [5, 5.41) is 6.32. The Morgan fingerprint density at radius 1 is 1.44 bits per heavy atom. The Morgan fingerprint density at radius 2 is 2.22 bits per heavy atom. The Morgan fingerprint density at radius 3 is 2.89 bits per heavy atom. The van der Waals surface area contributed by atoms with E-state index < -0.39 is 0 Å². The van der Waals surface area contributed by atoms with Crippen molar-refractivity contribution in [2.45, 2.75) is 20.4 Å². The highest BCUT2D eigenvalue weighted by atomic mass is 16.5. The molecule has 1 amide bonds. The number of para-hydroxylation sites is 1. The highest BCUT2D eigenvalue weighted by Gasteiger charge is 2.11. The van der Waals surface area contributed by atoms with E-state index in [1.54, 1.807) is 19.1 Å². The molecule has 6 nitrogen and oxygen atoms in total. The van der Waals surface area contributed by atoms with Crippen molar-refractivity contribution < 1.29 is 9.32 Å². The Bertz CT molecular complexity index is 577. The number of carbonyl (C=O) groups excluding carboxylic acids is 1. The van der Waals surface area contributed by atoms with Crippen LogP contribution in [0.15, 0.2) is 22.7 Å². The summed E-state index contributed by atoms with van der Waals surface area (Å²) in [6.07, 6.45) is 0. The lowest BCUT2D eigenvalue weighted by Crippen LogP contribution is -2.24. The fourth-order valence-corrected chi connectivity index (χ4v) is 1.54. The van der Waals surface area contributed by atoms with Crippen molar-refractivity contribution in [3.05, 3.63) is 41.0 Å². The van der Waals surface area contributed by atoms with Gasteiger partial charge in [0.2, 0.25) is 5.89 Å². The third-order valence-electron chi connectivity index (χ3n) is 2.54. The van der Waals surface area contributed by atoms with Crippen LogP contribution >= 0.6 is 0 Å². The van der Waals surface area contributed by atoms with Gasteiger partial charge in [-0.3, -0.25) is 4.79 Å². The summed E-state index contributed by atoms with van der Waals surface area (Å²) in [7, 11) is 0. The molecule has 0 bridgehead atoms. The molecule has 94 valence electrons. The van der Waals surface area contributed by atoms with Crippen LogP contribution in [-0.4, -0.2) is 16.0 Å². The molecule has 0 saturated heterocycles. The number of rotatable bonds is 3. The smallest absolute Gasteiger partial charge is 0.253 e. The fourth-order valence-electron chi connectivity index (χ4n) is 1.54. The number of nitrogens with two attached hydrogens (primary N) is 1. The van der Waals surface area contributed by atoms with E-state index in [1.807, 2.05) is 13.0 Å². The number of nitrogens with one attached hydrogen (secondary N) is 1. The molecule has 0 saturated carbocycles. The van der Waals surface area contributed by atoms with Gasteiger partial charge in [-0.25, -0.2) is 0 Å². The first kappa shape index (κ1) is 12.1. The number of benzene rings is 1. The minimum atomic E-state index is -0.257. The lowest BCUT2D eigenvalue weighted by molar-refractivity contribution is 0.0947. The van der Waals surface area contributed by atoms with Gasteiger partial charge in [-0.2, -0.15) is 4.98 Å². The average molecular weight is 246 g/mol. The summed E-state index contributed by atoms with van der Waals surface area (Å²) in [4.78, 5) is 15.9. The lowest BCUT2D eigenvalue weighted by atomic mass is 10.1. The third-order valence-corrected chi connectivity index (χ3v) is 2.54. The molecule has 0 aliphatic heterocycles. The predicted octanol–water partition coefficient (Wildman–Crippen LogP) is 1.20. The van der Waals surface area contributed by atoms with Crippen molar-refractivity contribution >= 4 is 11.6 Å². The standard InChI is InChI=1S/C12H14N4O2/c1-7-4-3-5-9(11(7)13)12(17)14-6-10-15-8(2)16-18-10/h3-5H,6,13H2,1-2H3,(H,14,17). The molecular weight excluding hydrogens is 232 g/mol. The van der Waals surface area contributed by atoms with E-state index in [4.69, 9.17) is 10.3 Å². The van der Waals surface area contributed by atoms with E-state index in [9.17, 15) is 4.79 Å². The molecule has 1 aromatic carbocycles. The number of carbonyl (C=O) groups is 1. The Labute approximate surface area is 104 Å². The highest BCUT2D eigenvalue weighted by Crippen LogP contribution is 2.16. The topological polar surface area (TPSA) is 94.0 Å². The summed E-state index contributed by atoms with van der Waals surface area (Å²) in [6.45, 7) is 3.76. The van der Waals surface area contributed by atoms with E-state index in [2.05, 4.69) is 15.5 Å². The van der Waals surface area contributed by atoms with Gasteiger partial charge in [0.15, 0.2) is 5.82 Å². The molecule has 0 aliphatic carbocycles. The second kappa shape index (κ2) is 4.87. The maximum atomic E-state index is 11.9. The van der Waals surface area contributed by atoms with Crippen molar-refractivity contribution in [2.24, 2.45) is 0 Å². The summed E-state index contributed by atoms with van der Waals surface area (Å²) in [6, 6.07) is 5.32. The minimum Gasteiger partial charge on any atom is -0.398 e. The van der Waals surface area contributed by atoms with Crippen LogP contribution in [0.5, 0.6) is 0 Å². The van der Waals surface area contributed by atoms with Crippen LogP contribution in [0.2, 0.25) is 0 Å². The predicted molar refractivity (Wildman–Crippen MR) is 65.8 cm³/mol. The molecule has 3 N–H and O–H groups in total. The van der Waals surface area contributed by atoms with Gasteiger partial charge in [-0.15, -0.1) is 0 Å². The Hall–Kier alpha value is -2.37. The van der Waals surface area contributed by atoms with E-state index in [0.717, 1.165) is 5.56 Å². The van der Waals surface area contributed by atoms with Gasteiger partial charge in [0, 0.05) is 5.69 Å². The van der Waals surface area contributed by atoms with Crippen molar-refractivity contribution in [1.82, 2.24) is 15.5 Å². The van der Waals surface area contributed by atoms with E-state index >= 15 is 0 Å². The lowest BCUT2D eigenvalue weighted by Gasteiger charge is -2.07. The molecule has 0 atom stereocenters. The van der Waals surface area contributed by atoms with Gasteiger partial charge in [-0.1, -0.05) is 17.3 Å². The largest absolute Gasteiger partial charge is 0.398 e. The molecule has 18 heavy (non-hydrogen) atoms. The zero-order valence-electron chi connectivity index (χ0n) is 10.2. The molecule has 0 aliphatic rings. The van der Waals surface area contributed by atoms with Gasteiger partial charge in [0.1, 0.15) is 0 Å². The molecule has 0 fully saturated rings. The number of hydrogen-bond donors (Lipinski definition) is 2. The minimum absolute atomic E-state index is 0.188. The van der Waals surface area contributed by atoms with Gasteiger partial charge < -0.3 is 15.6 Å². The summed E-state index contributed by atoms with van der Waals surface area (Å²) in [5.41, 5.74) is 7.65. The molecule has 0 spiro atoms. The Kier molecular flexibility index (Phi) is 3.27. The number of nitrogens with zero attached hydrogens (tertiary/aromatic N) is 2. The monoisotopic (exact) mass is 246 g/mol. The van der Waals surface area contributed by atoms with Gasteiger partial charge in [0.25, 0.3) is 5.91 Å². The molecule has 1 heterocycles. The van der Waals surface area contributed by atoms with Gasteiger partial charge >= 0.3 is 0 Å². The molecule has 2 rings (SSSR count). The van der Waals surface area contributed by atoms with E-state index in [-0.39, 0.29) is 12.5 Å². The second-order valence-corrected chi connectivity index (χ2v) is 3.95. The molecule has 0 radical (unpaired) electrons. The number of nitrogen functional groups attached to an aromatic ring is 1. The van der Waals surface area contributed by atoms with E-state index in [1.165, 1.54) is 0 Å². The van der Waals surface area contributed by atoms with Crippen LogP contribution in [-0.2, 0) is 6.54 Å². The number of hydrogen-bond acceptors (Lipinski definition) is 5. The second-order valence-electron chi connectivity index (χ2n) is 3.95. The zero-order chi connectivity index (χ0) is 13.1. The molecule has 0 unspecified atom stereocenters. The first-order valence-corrected chi connectivity index (χ1v) is 5.50. The maximum absolute atomic E-state index is 11.9. The first-order chi connectivity index (χ1) is 8.58. The van der Waals surface area contributed by atoms with E-state index in [0.29, 0.717) is 23.0 Å². The normalized spacial score (nSPS) is 10.3.